The standard InChI is InChI=1S/C23H26N4O2S/c1-16(30-23-25-20-11-7-6-10-19(20)22(29)26(23)2)21(28)24-18-12-13-27(15-18)14-17-8-4-3-5-9-17/h3-11,16,18H,12-15H2,1-2H3,(H,24,28). The normalized spacial score (nSPS) is 17.9. The number of nitrogens with one attached hydrogen (secondary N) is 1. The molecule has 30 heavy (non-hydrogen) atoms. The molecular weight excluding hydrogens is 396 g/mol. The Hall–Kier alpha value is -2.64. The number of para-hydroxylation sites is 1. The molecule has 1 N–H and O–H groups in total. The molecule has 0 radical (unpaired) electrons. The van der Waals surface area contributed by atoms with Gasteiger partial charge in [-0.15, -0.1) is 0 Å². The van der Waals surface area contributed by atoms with Gasteiger partial charge >= 0.3 is 0 Å². The van der Waals surface area contributed by atoms with Crippen LogP contribution in [0.2, 0.25) is 0 Å². The minimum Gasteiger partial charge on any atom is -0.351 e. The van der Waals surface area contributed by atoms with E-state index in [1.54, 1.807) is 13.1 Å². The van der Waals surface area contributed by atoms with Gasteiger partial charge in [0.05, 0.1) is 16.2 Å². The number of likely N-dealkylation sites (tertiary alicyclic amines) is 1. The molecule has 0 bridgehead atoms. The largest absolute Gasteiger partial charge is 0.351 e. The lowest BCUT2D eigenvalue weighted by molar-refractivity contribution is -0.120. The zero-order valence-electron chi connectivity index (χ0n) is 17.2. The summed E-state index contributed by atoms with van der Waals surface area (Å²) >= 11 is 1.32. The molecule has 1 aromatic heterocycles. The van der Waals surface area contributed by atoms with Crippen LogP contribution in [0.25, 0.3) is 10.9 Å². The summed E-state index contributed by atoms with van der Waals surface area (Å²) in [4.78, 5) is 32.3. The van der Waals surface area contributed by atoms with Crippen LogP contribution in [0, 0.1) is 0 Å². The van der Waals surface area contributed by atoms with E-state index in [4.69, 9.17) is 0 Å². The van der Waals surface area contributed by atoms with E-state index in [0.29, 0.717) is 16.1 Å². The van der Waals surface area contributed by atoms with E-state index >= 15 is 0 Å². The summed E-state index contributed by atoms with van der Waals surface area (Å²) in [5.41, 5.74) is 1.85. The Balaban J connectivity index is 1.36. The zero-order valence-corrected chi connectivity index (χ0v) is 18.1. The molecule has 1 aliphatic heterocycles. The first-order valence-corrected chi connectivity index (χ1v) is 11.1. The highest BCUT2D eigenvalue weighted by Crippen LogP contribution is 2.22. The Labute approximate surface area is 180 Å². The first-order valence-electron chi connectivity index (χ1n) is 10.2. The molecule has 1 amide bonds. The van der Waals surface area contributed by atoms with Crippen LogP contribution in [0.15, 0.2) is 64.5 Å². The molecule has 0 aliphatic carbocycles. The van der Waals surface area contributed by atoms with Crippen molar-refractivity contribution in [3.8, 4) is 0 Å². The molecular formula is C23H26N4O2S. The van der Waals surface area contributed by atoms with Gasteiger partial charge in [0.15, 0.2) is 5.16 Å². The van der Waals surface area contributed by atoms with Crippen LogP contribution >= 0.6 is 11.8 Å². The van der Waals surface area contributed by atoms with Gasteiger partial charge in [-0.05, 0) is 31.0 Å². The van der Waals surface area contributed by atoms with Crippen molar-refractivity contribution in [2.45, 2.75) is 36.3 Å². The molecule has 2 atom stereocenters. The SMILES string of the molecule is CC(Sc1nc2ccccc2c(=O)n1C)C(=O)NC1CCN(Cc2ccccc2)C1. The Morgan fingerprint density at radius 1 is 1.20 bits per heavy atom. The predicted octanol–water partition coefficient (Wildman–Crippen LogP) is 2.80. The summed E-state index contributed by atoms with van der Waals surface area (Å²) in [6, 6.07) is 17.8. The fourth-order valence-electron chi connectivity index (χ4n) is 3.77. The molecule has 0 saturated carbocycles. The average molecular weight is 423 g/mol. The number of amides is 1. The maximum atomic E-state index is 12.8. The Morgan fingerprint density at radius 2 is 1.93 bits per heavy atom. The number of thioether (sulfide) groups is 1. The summed E-state index contributed by atoms with van der Waals surface area (Å²) in [5, 5.41) is 3.97. The highest BCUT2D eigenvalue weighted by molar-refractivity contribution is 8.00. The number of carbonyl (C=O) groups excluding carboxylic acids is 1. The number of carbonyl (C=O) groups is 1. The monoisotopic (exact) mass is 422 g/mol. The summed E-state index contributed by atoms with van der Waals surface area (Å²) in [6.45, 7) is 4.59. The van der Waals surface area contributed by atoms with Crippen molar-refractivity contribution in [2.75, 3.05) is 13.1 Å². The number of aromatic nitrogens is 2. The van der Waals surface area contributed by atoms with Crippen molar-refractivity contribution < 1.29 is 4.79 Å². The molecule has 2 aromatic carbocycles. The topological polar surface area (TPSA) is 67.2 Å². The lowest BCUT2D eigenvalue weighted by atomic mass is 10.2. The fraction of sp³-hybridized carbons (Fsp3) is 0.348. The van der Waals surface area contributed by atoms with E-state index < -0.39 is 0 Å². The third-order valence-corrected chi connectivity index (χ3v) is 6.60. The molecule has 1 saturated heterocycles. The third-order valence-electron chi connectivity index (χ3n) is 5.46. The molecule has 2 heterocycles. The van der Waals surface area contributed by atoms with Gasteiger partial charge in [-0.1, -0.05) is 54.2 Å². The third kappa shape index (κ3) is 4.57. The second-order valence-electron chi connectivity index (χ2n) is 7.75. The number of rotatable bonds is 6. The number of fused-ring (bicyclic) bond motifs is 1. The number of benzene rings is 2. The molecule has 3 aromatic rings. The Kier molecular flexibility index (Phi) is 6.20. The minimum atomic E-state index is -0.340. The first-order chi connectivity index (χ1) is 14.5. The van der Waals surface area contributed by atoms with Crippen LogP contribution < -0.4 is 10.9 Å². The molecule has 6 nitrogen and oxygen atoms in total. The molecule has 0 spiro atoms. The van der Waals surface area contributed by atoms with E-state index in [1.807, 2.05) is 31.2 Å². The average Bonchev–Trinajstić information content (AvgIpc) is 3.19. The number of nitrogens with zero attached hydrogens (tertiary/aromatic N) is 3. The van der Waals surface area contributed by atoms with E-state index in [2.05, 4.69) is 39.5 Å². The van der Waals surface area contributed by atoms with E-state index in [9.17, 15) is 9.59 Å². The Bertz CT molecular complexity index is 1100. The summed E-state index contributed by atoms with van der Waals surface area (Å²) < 4.78 is 1.52. The molecule has 7 heteroatoms. The quantitative estimate of drug-likeness (QED) is 0.489. The molecule has 4 rings (SSSR count). The highest BCUT2D eigenvalue weighted by Gasteiger charge is 2.26. The molecule has 2 unspecified atom stereocenters. The van der Waals surface area contributed by atoms with Gasteiger partial charge < -0.3 is 5.32 Å². The van der Waals surface area contributed by atoms with Crippen molar-refractivity contribution >= 4 is 28.6 Å². The van der Waals surface area contributed by atoms with Crippen LogP contribution in [0.1, 0.15) is 18.9 Å². The van der Waals surface area contributed by atoms with Crippen LogP contribution in [-0.4, -0.2) is 44.7 Å². The maximum absolute atomic E-state index is 12.8. The first kappa shape index (κ1) is 20.6. The van der Waals surface area contributed by atoms with Gasteiger partial charge in [0.25, 0.3) is 5.56 Å². The van der Waals surface area contributed by atoms with Crippen molar-refractivity contribution in [2.24, 2.45) is 7.05 Å². The molecule has 1 fully saturated rings. The smallest absolute Gasteiger partial charge is 0.261 e. The van der Waals surface area contributed by atoms with Gasteiger partial charge in [-0.3, -0.25) is 19.1 Å². The predicted molar refractivity (Wildman–Crippen MR) is 121 cm³/mol. The summed E-state index contributed by atoms with van der Waals surface area (Å²) in [6.07, 6.45) is 0.947. The molecule has 156 valence electrons. The summed E-state index contributed by atoms with van der Waals surface area (Å²) in [5.74, 6) is -0.0195. The Morgan fingerprint density at radius 3 is 2.73 bits per heavy atom. The van der Waals surface area contributed by atoms with Gasteiger partial charge in [0.1, 0.15) is 0 Å². The van der Waals surface area contributed by atoms with Crippen LogP contribution in [0.3, 0.4) is 0 Å². The van der Waals surface area contributed by atoms with Crippen LogP contribution in [0.5, 0.6) is 0 Å². The summed E-state index contributed by atoms with van der Waals surface area (Å²) in [7, 11) is 1.70. The molecule has 1 aliphatic rings. The lowest BCUT2D eigenvalue weighted by Gasteiger charge is -2.19. The fourth-order valence-corrected chi connectivity index (χ4v) is 4.65. The van der Waals surface area contributed by atoms with Crippen molar-refractivity contribution in [3.05, 3.63) is 70.5 Å². The van der Waals surface area contributed by atoms with E-state index in [0.717, 1.165) is 26.1 Å². The van der Waals surface area contributed by atoms with Crippen LogP contribution in [-0.2, 0) is 18.4 Å². The second-order valence-corrected chi connectivity index (χ2v) is 9.06. The minimum absolute atomic E-state index is 0.0195. The zero-order chi connectivity index (χ0) is 21.1. The highest BCUT2D eigenvalue weighted by atomic mass is 32.2. The van der Waals surface area contributed by atoms with E-state index in [1.165, 1.54) is 21.9 Å². The van der Waals surface area contributed by atoms with Crippen molar-refractivity contribution in [3.63, 3.8) is 0 Å². The number of hydrogen-bond donors (Lipinski definition) is 1. The van der Waals surface area contributed by atoms with Gasteiger partial charge in [-0.2, -0.15) is 0 Å². The van der Waals surface area contributed by atoms with E-state index in [-0.39, 0.29) is 22.8 Å². The second kappa shape index (κ2) is 9.02. The lowest BCUT2D eigenvalue weighted by Crippen LogP contribution is -2.41. The van der Waals surface area contributed by atoms with Crippen molar-refractivity contribution in [1.29, 1.82) is 0 Å². The van der Waals surface area contributed by atoms with Gasteiger partial charge in [0.2, 0.25) is 5.91 Å². The van der Waals surface area contributed by atoms with Gasteiger partial charge in [-0.25, -0.2) is 4.98 Å². The van der Waals surface area contributed by atoms with Gasteiger partial charge in [0, 0.05) is 32.7 Å². The van der Waals surface area contributed by atoms with Crippen molar-refractivity contribution in [1.82, 2.24) is 19.8 Å². The van der Waals surface area contributed by atoms with Crippen LogP contribution in [0.4, 0.5) is 0 Å². The maximum Gasteiger partial charge on any atom is 0.261 e. The number of hydrogen-bond acceptors (Lipinski definition) is 5.